The zero-order valence-corrected chi connectivity index (χ0v) is 17.3. The molecule has 2 aromatic rings. The molecule has 0 amide bonds. The van der Waals surface area contributed by atoms with Gasteiger partial charge in [0.05, 0.1) is 25.2 Å². The second kappa shape index (κ2) is 10.5. The molecule has 0 radical (unpaired) electrons. The van der Waals surface area contributed by atoms with E-state index in [4.69, 9.17) is 14.5 Å². The van der Waals surface area contributed by atoms with Gasteiger partial charge in [-0.15, -0.1) is 0 Å². The monoisotopic (exact) mass is 396 g/mol. The number of amidine groups is 1. The highest BCUT2D eigenvalue weighted by atomic mass is 32.2. The highest BCUT2D eigenvalue weighted by Crippen LogP contribution is 2.24. The highest BCUT2D eigenvalue weighted by molar-refractivity contribution is 8.14. The number of benzene rings is 2. The van der Waals surface area contributed by atoms with E-state index in [1.807, 2.05) is 55.5 Å². The van der Waals surface area contributed by atoms with E-state index in [-0.39, 0.29) is 5.25 Å². The van der Waals surface area contributed by atoms with Gasteiger partial charge in [-0.3, -0.25) is 4.99 Å². The Bertz CT molecular complexity index is 872. The molecule has 28 heavy (non-hydrogen) atoms. The summed E-state index contributed by atoms with van der Waals surface area (Å²) < 4.78 is 10.5. The van der Waals surface area contributed by atoms with Gasteiger partial charge in [-0.1, -0.05) is 30.5 Å². The lowest BCUT2D eigenvalue weighted by molar-refractivity contribution is -0.107. The van der Waals surface area contributed by atoms with Crippen molar-refractivity contribution < 1.29 is 14.3 Å². The topological polar surface area (TPSA) is 60.2 Å². The Balaban J connectivity index is 2.48. The van der Waals surface area contributed by atoms with Crippen LogP contribution in [-0.2, 0) is 4.79 Å². The van der Waals surface area contributed by atoms with Gasteiger partial charge in [-0.2, -0.15) is 0 Å². The summed E-state index contributed by atoms with van der Waals surface area (Å²) in [6.45, 7) is 6.06. The fourth-order valence-corrected chi connectivity index (χ4v) is 3.04. The van der Waals surface area contributed by atoms with Gasteiger partial charge in [0.1, 0.15) is 17.8 Å². The number of aldehydes is 1. The third kappa shape index (κ3) is 5.57. The van der Waals surface area contributed by atoms with Crippen LogP contribution in [0.25, 0.3) is 5.57 Å². The Morgan fingerprint density at radius 3 is 1.93 bits per heavy atom. The van der Waals surface area contributed by atoms with Gasteiger partial charge in [0.2, 0.25) is 0 Å². The van der Waals surface area contributed by atoms with E-state index < -0.39 is 0 Å². The van der Waals surface area contributed by atoms with Gasteiger partial charge in [0, 0.05) is 18.2 Å². The van der Waals surface area contributed by atoms with Gasteiger partial charge in [-0.25, -0.2) is 4.99 Å². The van der Waals surface area contributed by atoms with Crippen LogP contribution < -0.4 is 9.47 Å². The summed E-state index contributed by atoms with van der Waals surface area (Å²) in [6.07, 6.45) is 0.872. The molecule has 0 saturated heterocycles. The van der Waals surface area contributed by atoms with Crippen LogP contribution in [0.2, 0.25) is 0 Å². The number of nitrogens with zero attached hydrogens (tertiary/aromatic N) is 2. The molecule has 0 bridgehead atoms. The molecule has 0 aliphatic carbocycles. The van der Waals surface area contributed by atoms with Crippen molar-refractivity contribution in [1.29, 1.82) is 0 Å². The maximum absolute atomic E-state index is 11.0. The van der Waals surface area contributed by atoms with Gasteiger partial charge < -0.3 is 14.3 Å². The molecule has 0 saturated carbocycles. The fourth-order valence-electron chi connectivity index (χ4n) is 2.40. The molecule has 1 unspecified atom stereocenters. The van der Waals surface area contributed by atoms with Gasteiger partial charge >= 0.3 is 0 Å². The van der Waals surface area contributed by atoms with Crippen LogP contribution in [0.3, 0.4) is 0 Å². The first-order valence-electron chi connectivity index (χ1n) is 8.68. The molecule has 2 aromatic carbocycles. The molecule has 146 valence electrons. The van der Waals surface area contributed by atoms with Gasteiger partial charge in [0.25, 0.3) is 0 Å². The van der Waals surface area contributed by atoms with Gasteiger partial charge in [-0.05, 0) is 48.9 Å². The molecule has 0 aromatic heterocycles. The van der Waals surface area contributed by atoms with E-state index >= 15 is 0 Å². The Hall–Kier alpha value is -2.86. The van der Waals surface area contributed by atoms with E-state index in [1.54, 1.807) is 21.3 Å². The number of allylic oxidation sites excluding steroid dienone is 1. The summed E-state index contributed by atoms with van der Waals surface area (Å²) in [5, 5.41) is 0.272. The summed E-state index contributed by atoms with van der Waals surface area (Å²) in [4.78, 5) is 20.0. The standard InChI is InChI=1S/C22H24N2O3S/c1-15(14-25)28-22(23-3)24-21(18-8-12-20(27-5)13-9-18)16(2)17-6-10-19(26-4)11-7-17/h6-15H,2H2,1,3-5H3/b23-22?,24-21+. The van der Waals surface area contributed by atoms with E-state index in [1.165, 1.54) is 11.8 Å². The predicted octanol–water partition coefficient (Wildman–Crippen LogP) is 4.51. The molecule has 0 N–H and O–H groups in total. The van der Waals surface area contributed by atoms with Crippen molar-refractivity contribution in [2.75, 3.05) is 21.3 Å². The number of carbonyl (C=O) groups excluding carboxylic acids is 1. The van der Waals surface area contributed by atoms with Crippen LogP contribution in [0.1, 0.15) is 18.1 Å². The predicted molar refractivity (Wildman–Crippen MR) is 118 cm³/mol. The number of hydrogen-bond donors (Lipinski definition) is 0. The van der Waals surface area contributed by atoms with E-state index in [0.717, 1.165) is 34.5 Å². The van der Waals surface area contributed by atoms with E-state index in [9.17, 15) is 4.79 Å². The number of hydrogen-bond acceptors (Lipinski definition) is 5. The molecule has 0 aliphatic heterocycles. The Labute approximate surface area is 170 Å². The first-order valence-corrected chi connectivity index (χ1v) is 9.55. The van der Waals surface area contributed by atoms with Crippen molar-refractivity contribution in [2.45, 2.75) is 12.2 Å². The van der Waals surface area contributed by atoms with Crippen molar-refractivity contribution in [2.24, 2.45) is 9.98 Å². The Morgan fingerprint density at radius 1 is 1.00 bits per heavy atom. The summed E-state index contributed by atoms with van der Waals surface area (Å²) in [6, 6.07) is 15.2. The first kappa shape index (κ1) is 21.4. The number of rotatable bonds is 7. The minimum absolute atomic E-state index is 0.242. The molecule has 0 fully saturated rings. The molecule has 2 rings (SSSR count). The fraction of sp³-hybridized carbons (Fsp3) is 0.227. The minimum atomic E-state index is -0.242. The number of thioether (sulfide) groups is 1. The van der Waals surface area contributed by atoms with Crippen LogP contribution in [0.4, 0.5) is 0 Å². The van der Waals surface area contributed by atoms with Crippen molar-refractivity contribution in [3.8, 4) is 11.5 Å². The van der Waals surface area contributed by atoms with Gasteiger partial charge in [0.15, 0.2) is 5.17 Å². The molecule has 0 spiro atoms. The van der Waals surface area contributed by atoms with Crippen molar-refractivity contribution in [3.05, 3.63) is 66.2 Å². The highest BCUT2D eigenvalue weighted by Gasteiger charge is 2.14. The molecule has 6 heteroatoms. The van der Waals surface area contributed by atoms with E-state index in [0.29, 0.717) is 10.9 Å². The number of ether oxygens (including phenoxy) is 2. The first-order chi connectivity index (χ1) is 13.5. The van der Waals surface area contributed by atoms with Crippen LogP contribution >= 0.6 is 11.8 Å². The molecule has 5 nitrogen and oxygen atoms in total. The average molecular weight is 397 g/mol. The largest absolute Gasteiger partial charge is 0.497 e. The molecule has 0 aliphatic rings. The lowest BCUT2D eigenvalue weighted by Gasteiger charge is -2.13. The van der Waals surface area contributed by atoms with Crippen LogP contribution in [0.15, 0.2) is 65.1 Å². The summed E-state index contributed by atoms with van der Waals surface area (Å²) >= 11 is 1.30. The third-order valence-electron chi connectivity index (χ3n) is 3.97. The summed E-state index contributed by atoms with van der Waals surface area (Å²) in [5.74, 6) is 1.53. The normalized spacial score (nSPS) is 13.0. The van der Waals surface area contributed by atoms with Crippen LogP contribution in [0.5, 0.6) is 11.5 Å². The zero-order valence-electron chi connectivity index (χ0n) is 16.5. The van der Waals surface area contributed by atoms with Crippen molar-refractivity contribution in [3.63, 3.8) is 0 Å². The number of carbonyl (C=O) groups is 1. The zero-order chi connectivity index (χ0) is 20.5. The minimum Gasteiger partial charge on any atom is -0.497 e. The van der Waals surface area contributed by atoms with E-state index in [2.05, 4.69) is 11.6 Å². The second-order valence-corrected chi connectivity index (χ2v) is 7.21. The Kier molecular flexibility index (Phi) is 8.02. The lowest BCUT2D eigenvalue weighted by atomic mass is 9.97. The molecule has 0 heterocycles. The summed E-state index contributed by atoms with van der Waals surface area (Å²) in [5.41, 5.74) is 3.22. The molecule has 1 atom stereocenters. The van der Waals surface area contributed by atoms with Crippen molar-refractivity contribution in [1.82, 2.24) is 0 Å². The second-order valence-electron chi connectivity index (χ2n) is 5.86. The maximum Gasteiger partial charge on any atom is 0.183 e. The number of methoxy groups -OCH3 is 2. The third-order valence-corrected chi connectivity index (χ3v) is 4.94. The average Bonchev–Trinajstić information content (AvgIpc) is 2.76. The Morgan fingerprint density at radius 2 is 1.50 bits per heavy atom. The molecular formula is C22H24N2O3S. The summed E-state index contributed by atoms with van der Waals surface area (Å²) in [7, 11) is 4.91. The smallest absolute Gasteiger partial charge is 0.183 e. The van der Waals surface area contributed by atoms with Crippen LogP contribution in [0, 0.1) is 0 Å². The lowest BCUT2D eigenvalue weighted by Crippen LogP contribution is -2.09. The molecular weight excluding hydrogens is 372 g/mol. The maximum atomic E-state index is 11.0. The quantitative estimate of drug-likeness (QED) is 0.392. The van der Waals surface area contributed by atoms with Crippen molar-refractivity contribution >= 4 is 34.5 Å². The van der Waals surface area contributed by atoms with Crippen LogP contribution in [-0.4, -0.2) is 43.7 Å². The number of aliphatic imine (C=N–C) groups is 2. The SMILES string of the molecule is C=C(/C(=N\C(=NC)SC(C)C=O)c1ccc(OC)cc1)c1ccc(OC)cc1.